The molecule has 156 valence electrons. The molecular weight excluding hydrogens is 392 g/mol. The molecule has 0 saturated carbocycles. The Morgan fingerprint density at radius 1 is 1.24 bits per heavy atom. The van der Waals surface area contributed by atoms with Gasteiger partial charge in [-0.3, -0.25) is 9.69 Å². The van der Waals surface area contributed by atoms with Gasteiger partial charge in [0.2, 0.25) is 0 Å². The van der Waals surface area contributed by atoms with E-state index in [-0.39, 0.29) is 11.8 Å². The first-order valence-electron chi connectivity index (χ1n) is 9.67. The van der Waals surface area contributed by atoms with Gasteiger partial charge in [-0.15, -0.1) is 0 Å². The molecule has 1 fully saturated rings. The summed E-state index contributed by atoms with van der Waals surface area (Å²) in [7, 11) is 0. The zero-order chi connectivity index (χ0) is 20.8. The number of carbonyl (C=O) groups excluding carboxylic acids is 2. The van der Waals surface area contributed by atoms with Crippen molar-refractivity contribution in [2.45, 2.75) is 27.2 Å². The van der Waals surface area contributed by atoms with Gasteiger partial charge in [-0.05, 0) is 20.8 Å². The standard InChI is InChI=1S/C19H26N6O3S/c1-4-28-18(27)15-12-20-19(29-15)23-16-11-17(22-14(3)21-16)25-9-7-24(8-10-25)6-5-13(2)26/h11-12H,4-10H2,1-3H3,(H,20,21,22,23). The number of rotatable bonds is 8. The van der Waals surface area contributed by atoms with E-state index in [1.54, 1.807) is 13.8 Å². The summed E-state index contributed by atoms with van der Waals surface area (Å²) < 4.78 is 5.00. The third-order valence-corrected chi connectivity index (χ3v) is 5.41. The van der Waals surface area contributed by atoms with Crippen LogP contribution in [0.4, 0.5) is 16.8 Å². The van der Waals surface area contributed by atoms with E-state index in [2.05, 4.69) is 30.1 Å². The first-order chi connectivity index (χ1) is 13.9. The number of esters is 1. The number of nitrogens with one attached hydrogen (secondary N) is 1. The number of anilines is 3. The second kappa shape index (κ2) is 9.75. The van der Waals surface area contributed by atoms with E-state index in [1.165, 1.54) is 17.5 Å². The molecule has 0 spiro atoms. The first-order valence-corrected chi connectivity index (χ1v) is 10.5. The Morgan fingerprint density at radius 2 is 2.00 bits per heavy atom. The minimum absolute atomic E-state index is 0.225. The van der Waals surface area contributed by atoms with Crippen LogP contribution in [0.3, 0.4) is 0 Å². The normalized spacial score (nSPS) is 14.7. The van der Waals surface area contributed by atoms with Crippen molar-refractivity contribution in [2.24, 2.45) is 0 Å². The Kier molecular flexibility index (Phi) is 7.10. The number of hydrogen-bond donors (Lipinski definition) is 1. The lowest BCUT2D eigenvalue weighted by Gasteiger charge is -2.35. The van der Waals surface area contributed by atoms with Crippen LogP contribution in [0.25, 0.3) is 0 Å². The fourth-order valence-corrected chi connectivity index (χ4v) is 3.75. The average Bonchev–Trinajstić information content (AvgIpc) is 3.15. The van der Waals surface area contributed by atoms with Crippen LogP contribution >= 0.6 is 11.3 Å². The van der Waals surface area contributed by atoms with Crippen LogP contribution in [-0.2, 0) is 9.53 Å². The molecule has 0 radical (unpaired) electrons. The lowest BCUT2D eigenvalue weighted by Crippen LogP contribution is -2.47. The lowest BCUT2D eigenvalue weighted by molar-refractivity contribution is -0.117. The maximum absolute atomic E-state index is 11.8. The number of carbonyl (C=O) groups is 2. The molecule has 0 aromatic carbocycles. The number of aryl methyl sites for hydroxylation is 1. The summed E-state index contributed by atoms with van der Waals surface area (Å²) >= 11 is 1.23. The molecule has 1 saturated heterocycles. The average molecular weight is 419 g/mol. The molecule has 0 aliphatic carbocycles. The van der Waals surface area contributed by atoms with Crippen LogP contribution in [0.1, 0.15) is 35.8 Å². The van der Waals surface area contributed by atoms with Crippen LogP contribution in [0, 0.1) is 6.92 Å². The Morgan fingerprint density at radius 3 is 2.69 bits per heavy atom. The number of piperazine rings is 1. The molecular formula is C19H26N6O3S. The van der Waals surface area contributed by atoms with E-state index in [4.69, 9.17) is 4.74 Å². The molecule has 3 rings (SSSR count). The molecule has 1 aliphatic rings. The highest BCUT2D eigenvalue weighted by atomic mass is 32.1. The molecule has 1 N–H and O–H groups in total. The maximum atomic E-state index is 11.8. The van der Waals surface area contributed by atoms with Crippen LogP contribution in [0.5, 0.6) is 0 Å². The second-order valence-corrected chi connectivity index (χ2v) is 7.85. The Labute approximate surface area is 174 Å². The number of nitrogens with zero attached hydrogens (tertiary/aromatic N) is 5. The molecule has 10 heteroatoms. The van der Waals surface area contributed by atoms with Crippen molar-refractivity contribution in [3.63, 3.8) is 0 Å². The first kappa shape index (κ1) is 21.1. The number of Topliss-reactive ketones (excluding diaryl/α,β-unsaturated/α-hetero) is 1. The van der Waals surface area contributed by atoms with Crippen molar-refractivity contribution in [2.75, 3.05) is 49.5 Å². The molecule has 3 heterocycles. The molecule has 0 unspecified atom stereocenters. The Hall–Kier alpha value is -2.59. The summed E-state index contributed by atoms with van der Waals surface area (Å²) in [5, 5.41) is 3.73. The van der Waals surface area contributed by atoms with Gasteiger partial charge in [0.05, 0.1) is 12.8 Å². The van der Waals surface area contributed by atoms with E-state index >= 15 is 0 Å². The molecule has 2 aromatic heterocycles. The fourth-order valence-electron chi connectivity index (χ4n) is 3.03. The number of hydrogen-bond acceptors (Lipinski definition) is 10. The highest BCUT2D eigenvalue weighted by Crippen LogP contribution is 2.24. The fraction of sp³-hybridized carbons (Fsp3) is 0.526. The Bertz CT molecular complexity index is 863. The van der Waals surface area contributed by atoms with Crippen molar-refractivity contribution >= 4 is 39.9 Å². The van der Waals surface area contributed by atoms with Crippen molar-refractivity contribution in [3.05, 3.63) is 23.0 Å². The largest absolute Gasteiger partial charge is 0.462 e. The second-order valence-electron chi connectivity index (χ2n) is 6.81. The highest BCUT2D eigenvalue weighted by molar-refractivity contribution is 7.17. The van der Waals surface area contributed by atoms with Crippen LogP contribution in [0.2, 0.25) is 0 Å². The predicted octanol–water partition coefficient (Wildman–Crippen LogP) is 2.26. The molecule has 0 bridgehead atoms. The molecule has 9 nitrogen and oxygen atoms in total. The van der Waals surface area contributed by atoms with Gasteiger partial charge >= 0.3 is 5.97 Å². The van der Waals surface area contributed by atoms with Crippen molar-refractivity contribution in [1.29, 1.82) is 0 Å². The minimum atomic E-state index is -0.375. The minimum Gasteiger partial charge on any atom is -0.462 e. The van der Waals surface area contributed by atoms with Gasteiger partial charge in [-0.25, -0.2) is 19.7 Å². The highest BCUT2D eigenvalue weighted by Gasteiger charge is 2.19. The van der Waals surface area contributed by atoms with Gasteiger partial charge in [0.1, 0.15) is 28.1 Å². The van der Waals surface area contributed by atoms with Gasteiger partial charge < -0.3 is 15.0 Å². The number of thiazole rings is 1. The Balaban J connectivity index is 1.63. The van der Waals surface area contributed by atoms with E-state index in [0.717, 1.165) is 38.5 Å². The summed E-state index contributed by atoms with van der Waals surface area (Å²) in [5.41, 5.74) is 0. The third kappa shape index (κ3) is 5.94. The number of ketones is 1. The van der Waals surface area contributed by atoms with Crippen LogP contribution < -0.4 is 10.2 Å². The third-order valence-electron chi connectivity index (χ3n) is 4.52. The van der Waals surface area contributed by atoms with Crippen molar-refractivity contribution in [1.82, 2.24) is 19.9 Å². The predicted molar refractivity (Wildman–Crippen MR) is 112 cm³/mol. The van der Waals surface area contributed by atoms with E-state index in [0.29, 0.717) is 34.7 Å². The zero-order valence-electron chi connectivity index (χ0n) is 17.0. The lowest BCUT2D eigenvalue weighted by atomic mass is 10.2. The van der Waals surface area contributed by atoms with Crippen molar-refractivity contribution < 1.29 is 14.3 Å². The molecule has 1 aliphatic heterocycles. The molecule has 0 amide bonds. The van der Waals surface area contributed by atoms with Gasteiger partial charge in [0.15, 0.2) is 5.13 Å². The van der Waals surface area contributed by atoms with Crippen molar-refractivity contribution in [3.8, 4) is 0 Å². The summed E-state index contributed by atoms with van der Waals surface area (Å²) in [6.07, 6.45) is 2.10. The summed E-state index contributed by atoms with van der Waals surface area (Å²) in [6, 6.07) is 1.89. The van der Waals surface area contributed by atoms with Crippen LogP contribution in [0.15, 0.2) is 12.3 Å². The summed E-state index contributed by atoms with van der Waals surface area (Å²) in [4.78, 5) is 41.2. The summed E-state index contributed by atoms with van der Waals surface area (Å²) in [5.74, 6) is 2.00. The van der Waals surface area contributed by atoms with E-state index < -0.39 is 0 Å². The number of ether oxygens (including phenoxy) is 1. The topological polar surface area (TPSA) is 101 Å². The van der Waals surface area contributed by atoms with Gasteiger partial charge in [-0.1, -0.05) is 11.3 Å². The zero-order valence-corrected chi connectivity index (χ0v) is 17.8. The molecule has 29 heavy (non-hydrogen) atoms. The monoisotopic (exact) mass is 418 g/mol. The number of aromatic nitrogens is 3. The smallest absolute Gasteiger partial charge is 0.350 e. The van der Waals surface area contributed by atoms with Gasteiger partial charge in [0.25, 0.3) is 0 Å². The van der Waals surface area contributed by atoms with E-state index in [1.807, 2.05) is 13.0 Å². The van der Waals surface area contributed by atoms with E-state index in [9.17, 15) is 9.59 Å². The quantitative estimate of drug-likeness (QED) is 0.647. The SMILES string of the molecule is CCOC(=O)c1cnc(Nc2cc(N3CCN(CCC(C)=O)CC3)nc(C)n2)s1. The van der Waals surface area contributed by atoms with Crippen LogP contribution in [-0.4, -0.2) is 70.9 Å². The summed E-state index contributed by atoms with van der Waals surface area (Å²) in [6.45, 7) is 9.88. The molecule has 0 atom stereocenters. The van der Waals surface area contributed by atoms with Gasteiger partial charge in [-0.2, -0.15) is 0 Å². The molecule has 2 aromatic rings. The maximum Gasteiger partial charge on any atom is 0.350 e. The van der Waals surface area contributed by atoms with Gasteiger partial charge in [0, 0.05) is 45.2 Å².